The molecule has 0 N–H and O–H groups in total. The Morgan fingerprint density at radius 2 is 1.76 bits per heavy atom. The number of hydrogen-bond donors (Lipinski definition) is 0. The number of Topliss-reactive ketones (excluding diaryl/α,β-unsaturated/α-hetero) is 2. The van der Waals surface area contributed by atoms with Crippen LogP contribution in [0.3, 0.4) is 0 Å². The van der Waals surface area contributed by atoms with E-state index in [0.717, 1.165) is 19.3 Å². The van der Waals surface area contributed by atoms with Gasteiger partial charge in [-0.05, 0) is 31.4 Å². The lowest BCUT2D eigenvalue weighted by Crippen LogP contribution is -2.39. The molecule has 0 aromatic heterocycles. The van der Waals surface area contributed by atoms with E-state index in [1.54, 1.807) is 24.3 Å². The molecule has 1 heterocycles. The monoisotopic (exact) mass is 344 g/mol. The van der Waals surface area contributed by atoms with Gasteiger partial charge in [-0.2, -0.15) is 0 Å². The van der Waals surface area contributed by atoms with Crippen molar-refractivity contribution in [1.29, 1.82) is 0 Å². The quantitative estimate of drug-likeness (QED) is 0.266. The highest BCUT2D eigenvalue weighted by Crippen LogP contribution is 2.35. The SMILES string of the molecule is CCCCCCCCC(CC(C)=O)C1C(=O)Oc2ccccc2C1=O. The molecule has 2 atom stereocenters. The zero-order valence-electron chi connectivity index (χ0n) is 15.3. The minimum absolute atomic E-state index is 0.00967. The second-order valence-corrected chi connectivity index (χ2v) is 6.98. The summed E-state index contributed by atoms with van der Waals surface area (Å²) in [7, 11) is 0. The van der Waals surface area contributed by atoms with E-state index in [2.05, 4.69) is 6.92 Å². The summed E-state index contributed by atoms with van der Waals surface area (Å²) in [6.07, 6.45) is 7.78. The molecular formula is C21H28O4. The summed E-state index contributed by atoms with van der Waals surface area (Å²) in [5.41, 5.74) is 0.448. The van der Waals surface area contributed by atoms with E-state index < -0.39 is 11.9 Å². The van der Waals surface area contributed by atoms with E-state index in [9.17, 15) is 14.4 Å². The Morgan fingerprint density at radius 1 is 1.08 bits per heavy atom. The van der Waals surface area contributed by atoms with Crippen molar-refractivity contribution in [3.63, 3.8) is 0 Å². The number of para-hydroxylation sites is 1. The summed E-state index contributed by atoms with van der Waals surface area (Å²) in [4.78, 5) is 36.9. The zero-order chi connectivity index (χ0) is 18.2. The number of hydrogen-bond acceptors (Lipinski definition) is 4. The average Bonchev–Trinajstić information content (AvgIpc) is 2.57. The molecule has 0 aliphatic carbocycles. The third kappa shape index (κ3) is 5.25. The molecule has 0 amide bonds. The van der Waals surface area contributed by atoms with Crippen molar-refractivity contribution < 1.29 is 19.1 Å². The number of rotatable bonds is 10. The Labute approximate surface area is 149 Å². The fraction of sp³-hybridized carbons (Fsp3) is 0.571. The summed E-state index contributed by atoms with van der Waals surface area (Å²) >= 11 is 0. The van der Waals surface area contributed by atoms with Crippen LogP contribution in [-0.2, 0) is 9.59 Å². The normalized spacial score (nSPS) is 17.8. The maximum absolute atomic E-state index is 12.8. The highest BCUT2D eigenvalue weighted by atomic mass is 16.5. The van der Waals surface area contributed by atoms with Crippen LogP contribution in [0.1, 0.15) is 75.6 Å². The molecule has 0 radical (unpaired) electrons. The van der Waals surface area contributed by atoms with E-state index in [1.807, 2.05) is 0 Å². The van der Waals surface area contributed by atoms with Gasteiger partial charge in [-0.15, -0.1) is 0 Å². The number of carbonyl (C=O) groups is 3. The zero-order valence-corrected chi connectivity index (χ0v) is 15.3. The van der Waals surface area contributed by atoms with E-state index >= 15 is 0 Å². The molecule has 0 saturated carbocycles. The molecule has 0 spiro atoms. The minimum Gasteiger partial charge on any atom is -0.425 e. The number of benzene rings is 1. The van der Waals surface area contributed by atoms with Gasteiger partial charge >= 0.3 is 5.97 Å². The van der Waals surface area contributed by atoms with Crippen LogP contribution >= 0.6 is 0 Å². The Bertz CT molecular complexity index is 620. The van der Waals surface area contributed by atoms with Crippen molar-refractivity contribution in [2.75, 3.05) is 0 Å². The van der Waals surface area contributed by atoms with E-state index in [1.165, 1.54) is 26.2 Å². The van der Waals surface area contributed by atoms with Gasteiger partial charge in [-0.3, -0.25) is 9.59 Å². The standard InChI is InChI=1S/C21H28O4/c1-3-4-5-6-7-8-11-16(14-15(2)22)19-20(23)17-12-9-10-13-18(17)25-21(19)24/h9-10,12-13,16,19H,3-8,11,14H2,1-2H3. The first-order valence-corrected chi connectivity index (χ1v) is 9.39. The van der Waals surface area contributed by atoms with Crippen LogP contribution in [0.4, 0.5) is 0 Å². The number of unbranched alkanes of at least 4 members (excludes halogenated alkanes) is 5. The van der Waals surface area contributed by atoms with Crippen LogP contribution in [0.15, 0.2) is 24.3 Å². The van der Waals surface area contributed by atoms with Gasteiger partial charge in [-0.1, -0.05) is 57.6 Å². The Balaban J connectivity index is 2.05. The Hall–Kier alpha value is -1.97. The van der Waals surface area contributed by atoms with Crippen molar-refractivity contribution in [2.45, 2.75) is 65.2 Å². The summed E-state index contributed by atoms with van der Waals surface area (Å²) in [6, 6.07) is 6.82. The largest absolute Gasteiger partial charge is 0.425 e. The fourth-order valence-corrected chi connectivity index (χ4v) is 3.55. The maximum Gasteiger partial charge on any atom is 0.322 e. The van der Waals surface area contributed by atoms with E-state index in [0.29, 0.717) is 17.7 Å². The molecule has 0 fully saturated rings. The first-order chi connectivity index (χ1) is 12.0. The molecule has 1 aromatic carbocycles. The molecule has 1 aliphatic rings. The topological polar surface area (TPSA) is 60.4 Å². The van der Waals surface area contributed by atoms with Crippen LogP contribution in [0, 0.1) is 11.8 Å². The molecule has 1 aliphatic heterocycles. The van der Waals surface area contributed by atoms with Crippen LogP contribution < -0.4 is 4.74 Å². The highest BCUT2D eigenvalue weighted by Gasteiger charge is 2.41. The number of esters is 1. The van der Waals surface area contributed by atoms with Gasteiger partial charge in [0.25, 0.3) is 0 Å². The van der Waals surface area contributed by atoms with E-state index in [-0.39, 0.29) is 23.9 Å². The van der Waals surface area contributed by atoms with Crippen LogP contribution in [0.2, 0.25) is 0 Å². The van der Waals surface area contributed by atoms with Crippen molar-refractivity contribution in [2.24, 2.45) is 11.8 Å². The third-order valence-electron chi connectivity index (χ3n) is 4.85. The second kappa shape index (κ2) is 9.50. The highest BCUT2D eigenvalue weighted by molar-refractivity contribution is 6.13. The molecule has 25 heavy (non-hydrogen) atoms. The summed E-state index contributed by atoms with van der Waals surface area (Å²) in [5, 5.41) is 0. The van der Waals surface area contributed by atoms with Gasteiger partial charge in [-0.25, -0.2) is 0 Å². The van der Waals surface area contributed by atoms with Crippen LogP contribution in [-0.4, -0.2) is 17.5 Å². The van der Waals surface area contributed by atoms with Crippen molar-refractivity contribution in [1.82, 2.24) is 0 Å². The predicted octanol–water partition coefficient (Wildman–Crippen LogP) is 4.75. The van der Waals surface area contributed by atoms with Crippen molar-refractivity contribution in [3.8, 4) is 5.75 Å². The maximum atomic E-state index is 12.8. The molecule has 2 unspecified atom stereocenters. The number of ketones is 2. The van der Waals surface area contributed by atoms with Gasteiger partial charge in [0.1, 0.15) is 17.5 Å². The average molecular weight is 344 g/mol. The summed E-state index contributed by atoms with van der Waals surface area (Å²) in [5.74, 6) is -1.50. The van der Waals surface area contributed by atoms with Gasteiger partial charge in [0.05, 0.1) is 5.56 Å². The van der Waals surface area contributed by atoms with Gasteiger partial charge in [0.15, 0.2) is 5.78 Å². The van der Waals surface area contributed by atoms with Gasteiger partial charge in [0.2, 0.25) is 0 Å². The summed E-state index contributed by atoms with van der Waals surface area (Å²) < 4.78 is 5.37. The second-order valence-electron chi connectivity index (χ2n) is 6.98. The van der Waals surface area contributed by atoms with Crippen molar-refractivity contribution in [3.05, 3.63) is 29.8 Å². The first kappa shape index (κ1) is 19.4. The van der Waals surface area contributed by atoms with Crippen molar-refractivity contribution >= 4 is 17.5 Å². The van der Waals surface area contributed by atoms with E-state index in [4.69, 9.17) is 4.74 Å². The number of carbonyl (C=O) groups excluding carboxylic acids is 3. The number of fused-ring (bicyclic) bond motifs is 1. The Kier molecular flexibility index (Phi) is 7.35. The predicted molar refractivity (Wildman–Crippen MR) is 96.7 cm³/mol. The molecule has 4 nitrogen and oxygen atoms in total. The number of ether oxygens (including phenoxy) is 1. The smallest absolute Gasteiger partial charge is 0.322 e. The molecular weight excluding hydrogens is 316 g/mol. The molecule has 1 aromatic rings. The lowest BCUT2D eigenvalue weighted by Gasteiger charge is -2.28. The molecule has 136 valence electrons. The van der Waals surface area contributed by atoms with Crippen LogP contribution in [0.25, 0.3) is 0 Å². The lowest BCUT2D eigenvalue weighted by molar-refractivity contribution is -0.140. The fourth-order valence-electron chi connectivity index (χ4n) is 3.55. The van der Waals surface area contributed by atoms with Gasteiger partial charge < -0.3 is 9.53 Å². The molecule has 2 rings (SSSR count). The Morgan fingerprint density at radius 3 is 2.48 bits per heavy atom. The first-order valence-electron chi connectivity index (χ1n) is 9.39. The molecule has 0 bridgehead atoms. The van der Waals surface area contributed by atoms with Crippen LogP contribution in [0.5, 0.6) is 5.75 Å². The third-order valence-corrected chi connectivity index (χ3v) is 4.85. The minimum atomic E-state index is -0.852. The molecule has 4 heteroatoms. The molecule has 0 saturated heterocycles. The summed E-state index contributed by atoms with van der Waals surface area (Å²) in [6.45, 7) is 3.70. The lowest BCUT2D eigenvalue weighted by atomic mass is 9.78. The van der Waals surface area contributed by atoms with Gasteiger partial charge in [0, 0.05) is 6.42 Å².